The van der Waals surface area contributed by atoms with E-state index in [1.165, 1.54) is 89.9 Å². The van der Waals surface area contributed by atoms with Crippen LogP contribution in [0, 0.1) is 5.41 Å². The predicted octanol–water partition coefficient (Wildman–Crippen LogP) is 6.11. The first kappa shape index (κ1) is 27.2. The molecule has 0 fully saturated rings. The summed E-state index contributed by atoms with van der Waals surface area (Å²) in [6.07, 6.45) is 20.4. The average molecular weight is 331 g/mol. The third kappa shape index (κ3) is 17.5. The van der Waals surface area contributed by atoms with Crippen molar-refractivity contribution in [2.45, 2.75) is 118 Å². The maximum atomic E-state index is 8.12. The zero-order valence-corrected chi connectivity index (χ0v) is 16.2. The maximum absolute atomic E-state index is 8.12. The fourth-order valence-electron chi connectivity index (χ4n) is 3.33. The first-order valence-electron chi connectivity index (χ1n) is 9.65. The number of hydrogen-bond donors (Lipinski definition) is 0. The normalized spacial score (nSPS) is 10.3. The molecule has 0 heterocycles. The molecule has 140 valence electrons. The highest BCUT2D eigenvalue weighted by molar-refractivity contribution is 5.20. The maximum Gasteiger partial charge on any atom is 0.373 e. The van der Waals surface area contributed by atoms with E-state index in [-0.39, 0.29) is 11.6 Å². The van der Waals surface area contributed by atoms with Crippen molar-refractivity contribution in [3.63, 3.8) is 0 Å². The van der Waals surface area contributed by atoms with Gasteiger partial charge in [0, 0.05) is 0 Å². The van der Waals surface area contributed by atoms with Crippen LogP contribution in [0.2, 0.25) is 0 Å². The Morgan fingerprint density at radius 1 is 0.565 bits per heavy atom. The first-order valence-corrected chi connectivity index (χ1v) is 9.65. The molecule has 0 rings (SSSR count). The van der Waals surface area contributed by atoms with Gasteiger partial charge in [-0.15, -0.1) is 0 Å². The van der Waals surface area contributed by atoms with Crippen LogP contribution in [0.5, 0.6) is 0 Å². The molecule has 23 heavy (non-hydrogen) atoms. The Morgan fingerprint density at radius 3 is 1.17 bits per heavy atom. The van der Waals surface area contributed by atoms with Gasteiger partial charge in [-0.2, -0.15) is 9.59 Å². The minimum atomic E-state index is 0. The highest BCUT2D eigenvalue weighted by Gasteiger charge is 2.27. The quantitative estimate of drug-likeness (QED) is 0.361. The molecule has 3 nitrogen and oxygen atoms in total. The molecule has 0 aromatic heterocycles. The summed E-state index contributed by atoms with van der Waals surface area (Å²) in [6.45, 7) is 9.36. The molecule has 2 N–H and O–H groups in total. The summed E-state index contributed by atoms with van der Waals surface area (Å²) >= 11 is 0. The van der Waals surface area contributed by atoms with E-state index >= 15 is 0 Å². The molecule has 0 saturated carbocycles. The summed E-state index contributed by atoms with van der Waals surface area (Å²) in [6, 6.07) is 0. The van der Waals surface area contributed by atoms with Crippen molar-refractivity contribution < 1.29 is 15.1 Å². The van der Waals surface area contributed by atoms with Crippen LogP contribution in [-0.2, 0) is 9.59 Å². The SMILES string of the molecule is CCCCCCC(CCCC)(CCCC)CCCC.O.O=C=O. The Morgan fingerprint density at radius 2 is 0.870 bits per heavy atom. The fraction of sp³-hybridized carbons (Fsp3) is 0.950. The summed E-state index contributed by atoms with van der Waals surface area (Å²) in [4.78, 5) is 16.2. The number of hydrogen-bond acceptors (Lipinski definition) is 2. The van der Waals surface area contributed by atoms with Gasteiger partial charge in [-0.1, -0.05) is 91.9 Å². The number of rotatable bonds is 14. The number of carbonyl (C=O) groups excluding carboxylic acids is 2. The standard InChI is InChI=1S/C19H40.CO2.H2O/c1-5-9-13-14-18-19(15-10-6-2,16-11-7-3)17-12-8-4;2-1-3;/h5-18H2,1-4H3;;1H2. The van der Waals surface area contributed by atoms with Crippen molar-refractivity contribution in [2.24, 2.45) is 5.41 Å². The van der Waals surface area contributed by atoms with Gasteiger partial charge in [0.2, 0.25) is 0 Å². The predicted molar refractivity (Wildman–Crippen MR) is 98.4 cm³/mol. The summed E-state index contributed by atoms with van der Waals surface area (Å²) in [5.74, 6) is 0. The largest absolute Gasteiger partial charge is 0.412 e. The second-order valence-corrected chi connectivity index (χ2v) is 6.70. The summed E-state index contributed by atoms with van der Waals surface area (Å²) in [5.41, 5.74) is 0.704. The van der Waals surface area contributed by atoms with Crippen LogP contribution >= 0.6 is 0 Å². The molecular formula is C20H42O3. The molecular weight excluding hydrogens is 288 g/mol. The van der Waals surface area contributed by atoms with Crippen LogP contribution in [-0.4, -0.2) is 11.6 Å². The van der Waals surface area contributed by atoms with E-state index in [4.69, 9.17) is 9.59 Å². The Kier molecular flexibility index (Phi) is 25.2. The monoisotopic (exact) mass is 330 g/mol. The Balaban J connectivity index is -0.000000920. The topological polar surface area (TPSA) is 65.6 Å². The van der Waals surface area contributed by atoms with E-state index in [0.717, 1.165) is 0 Å². The second kappa shape index (κ2) is 21.3. The highest BCUT2D eigenvalue weighted by atomic mass is 16.2. The summed E-state index contributed by atoms with van der Waals surface area (Å²) in [7, 11) is 0. The van der Waals surface area contributed by atoms with Gasteiger partial charge < -0.3 is 5.48 Å². The third-order valence-electron chi connectivity index (χ3n) is 4.74. The Hall–Kier alpha value is -0.660. The van der Waals surface area contributed by atoms with Crippen LogP contribution in [0.25, 0.3) is 0 Å². The minimum Gasteiger partial charge on any atom is -0.412 e. The molecule has 3 heteroatoms. The van der Waals surface area contributed by atoms with Crippen molar-refractivity contribution in [3.05, 3.63) is 0 Å². The summed E-state index contributed by atoms with van der Waals surface area (Å²) in [5, 5.41) is 0. The lowest BCUT2D eigenvalue weighted by atomic mass is 9.71. The van der Waals surface area contributed by atoms with Gasteiger partial charge in [-0.25, -0.2) is 0 Å². The molecule has 0 saturated heterocycles. The first-order chi connectivity index (χ1) is 10.7. The molecule has 0 aliphatic rings. The van der Waals surface area contributed by atoms with Gasteiger partial charge in [0.1, 0.15) is 0 Å². The molecule has 0 aliphatic carbocycles. The molecule has 0 amide bonds. The van der Waals surface area contributed by atoms with Crippen molar-refractivity contribution >= 4 is 6.15 Å². The van der Waals surface area contributed by atoms with Crippen LogP contribution in [0.15, 0.2) is 0 Å². The van der Waals surface area contributed by atoms with E-state index < -0.39 is 0 Å². The zero-order valence-electron chi connectivity index (χ0n) is 16.2. The lowest BCUT2D eigenvalue weighted by Gasteiger charge is -2.35. The second-order valence-electron chi connectivity index (χ2n) is 6.70. The smallest absolute Gasteiger partial charge is 0.373 e. The van der Waals surface area contributed by atoms with Crippen LogP contribution in [0.1, 0.15) is 118 Å². The Labute approximate surface area is 144 Å². The van der Waals surface area contributed by atoms with Gasteiger partial charge in [-0.3, -0.25) is 0 Å². The van der Waals surface area contributed by atoms with Gasteiger partial charge in [-0.05, 0) is 31.1 Å². The van der Waals surface area contributed by atoms with Crippen LogP contribution in [0.4, 0.5) is 0 Å². The average Bonchev–Trinajstić information content (AvgIpc) is 2.53. The number of unbranched alkanes of at least 4 members (excludes halogenated alkanes) is 6. The van der Waals surface area contributed by atoms with Crippen molar-refractivity contribution in [1.82, 2.24) is 0 Å². The third-order valence-corrected chi connectivity index (χ3v) is 4.74. The fourth-order valence-corrected chi connectivity index (χ4v) is 3.33. The minimum absolute atomic E-state index is 0. The molecule has 0 aromatic rings. The van der Waals surface area contributed by atoms with Crippen LogP contribution < -0.4 is 0 Å². The molecule has 0 radical (unpaired) electrons. The lowest BCUT2D eigenvalue weighted by Crippen LogP contribution is -2.21. The molecule has 0 atom stereocenters. The van der Waals surface area contributed by atoms with E-state index in [2.05, 4.69) is 27.7 Å². The molecule has 0 aliphatic heterocycles. The molecule has 0 unspecified atom stereocenters. The van der Waals surface area contributed by atoms with Crippen molar-refractivity contribution in [2.75, 3.05) is 0 Å². The van der Waals surface area contributed by atoms with E-state index in [9.17, 15) is 0 Å². The molecule has 0 aromatic carbocycles. The summed E-state index contributed by atoms with van der Waals surface area (Å²) < 4.78 is 0. The van der Waals surface area contributed by atoms with Gasteiger partial charge in [0.25, 0.3) is 0 Å². The van der Waals surface area contributed by atoms with Crippen molar-refractivity contribution in [1.29, 1.82) is 0 Å². The lowest BCUT2D eigenvalue weighted by molar-refractivity contribution is -0.191. The molecule has 0 spiro atoms. The van der Waals surface area contributed by atoms with Gasteiger partial charge in [0.15, 0.2) is 0 Å². The van der Waals surface area contributed by atoms with Crippen molar-refractivity contribution in [3.8, 4) is 0 Å². The molecule has 0 bridgehead atoms. The van der Waals surface area contributed by atoms with E-state index in [1.54, 1.807) is 0 Å². The van der Waals surface area contributed by atoms with Gasteiger partial charge >= 0.3 is 6.15 Å². The van der Waals surface area contributed by atoms with E-state index in [0.29, 0.717) is 5.41 Å². The van der Waals surface area contributed by atoms with E-state index in [1.807, 2.05) is 0 Å². The Bertz CT molecular complexity index is 223. The zero-order chi connectivity index (χ0) is 17.1. The highest BCUT2D eigenvalue weighted by Crippen LogP contribution is 2.41. The van der Waals surface area contributed by atoms with Gasteiger partial charge in [0.05, 0.1) is 0 Å². The van der Waals surface area contributed by atoms with Crippen LogP contribution in [0.3, 0.4) is 0 Å².